The Morgan fingerprint density at radius 3 is 2.08 bits per heavy atom. The summed E-state index contributed by atoms with van der Waals surface area (Å²) < 4.78 is 25.4. The Labute approximate surface area is 143 Å². The molecule has 0 saturated heterocycles. The average Bonchev–Trinajstić information content (AvgIpc) is 2.91. The summed E-state index contributed by atoms with van der Waals surface area (Å²) in [5.41, 5.74) is 6.83. The second-order valence-corrected chi connectivity index (χ2v) is 8.35. The molecular formula is C20H21NO2S. The van der Waals surface area contributed by atoms with E-state index in [1.807, 2.05) is 12.1 Å². The first kappa shape index (κ1) is 16.5. The van der Waals surface area contributed by atoms with Crippen molar-refractivity contribution in [3.63, 3.8) is 0 Å². The van der Waals surface area contributed by atoms with Crippen LogP contribution in [0.4, 0.5) is 0 Å². The normalized spacial score (nSPS) is 11.7. The van der Waals surface area contributed by atoms with Crippen molar-refractivity contribution in [2.75, 3.05) is 6.26 Å². The minimum Gasteiger partial charge on any atom is -0.316 e. The van der Waals surface area contributed by atoms with Gasteiger partial charge in [-0.3, -0.25) is 0 Å². The molecule has 3 rings (SSSR count). The largest absolute Gasteiger partial charge is 0.316 e. The highest BCUT2D eigenvalue weighted by Crippen LogP contribution is 2.27. The quantitative estimate of drug-likeness (QED) is 0.706. The Morgan fingerprint density at radius 1 is 0.833 bits per heavy atom. The number of hydrogen-bond donors (Lipinski definition) is 0. The highest BCUT2D eigenvalue weighted by Gasteiger charge is 2.11. The Hall–Kier alpha value is -2.33. The van der Waals surface area contributed by atoms with Crippen LogP contribution in [0, 0.1) is 20.8 Å². The number of aromatic nitrogens is 1. The van der Waals surface area contributed by atoms with E-state index in [0.29, 0.717) is 4.90 Å². The summed E-state index contributed by atoms with van der Waals surface area (Å²) in [6.45, 7) is 6.27. The number of aryl methyl sites for hydroxylation is 3. The molecule has 0 aliphatic carbocycles. The zero-order valence-electron chi connectivity index (χ0n) is 14.4. The maximum absolute atomic E-state index is 11.6. The van der Waals surface area contributed by atoms with Gasteiger partial charge in [0.2, 0.25) is 0 Å². The van der Waals surface area contributed by atoms with Gasteiger partial charge in [0.05, 0.1) is 10.6 Å². The Morgan fingerprint density at radius 2 is 1.50 bits per heavy atom. The van der Waals surface area contributed by atoms with Crippen LogP contribution in [0.1, 0.15) is 16.7 Å². The standard InChI is InChI=1S/C20H21NO2S/c1-14-11-20(17-6-9-19(10-7-17)24(4,22)23)21(13-14)18-8-5-15(2)16(3)12-18/h5-13H,1-4H3. The van der Waals surface area contributed by atoms with Crippen LogP contribution in [0.25, 0.3) is 16.9 Å². The van der Waals surface area contributed by atoms with Gasteiger partial charge in [-0.05, 0) is 73.4 Å². The molecule has 3 nitrogen and oxygen atoms in total. The lowest BCUT2D eigenvalue weighted by Crippen LogP contribution is -1.98. The average molecular weight is 339 g/mol. The van der Waals surface area contributed by atoms with Crippen molar-refractivity contribution in [2.45, 2.75) is 25.7 Å². The van der Waals surface area contributed by atoms with E-state index in [2.05, 4.69) is 55.8 Å². The van der Waals surface area contributed by atoms with Crippen LogP contribution >= 0.6 is 0 Å². The van der Waals surface area contributed by atoms with E-state index < -0.39 is 9.84 Å². The van der Waals surface area contributed by atoms with Crippen LogP contribution in [0.5, 0.6) is 0 Å². The fraction of sp³-hybridized carbons (Fsp3) is 0.200. The first-order chi connectivity index (χ1) is 11.3. The maximum Gasteiger partial charge on any atom is 0.175 e. The van der Waals surface area contributed by atoms with Crippen molar-refractivity contribution in [2.24, 2.45) is 0 Å². The van der Waals surface area contributed by atoms with Gasteiger partial charge in [0.15, 0.2) is 9.84 Å². The lowest BCUT2D eigenvalue weighted by Gasteiger charge is -2.12. The van der Waals surface area contributed by atoms with Gasteiger partial charge in [-0.2, -0.15) is 0 Å². The molecule has 0 atom stereocenters. The van der Waals surface area contributed by atoms with Gasteiger partial charge >= 0.3 is 0 Å². The third kappa shape index (κ3) is 3.15. The minimum absolute atomic E-state index is 0.340. The molecule has 4 heteroatoms. The van der Waals surface area contributed by atoms with Crippen LogP contribution in [0.2, 0.25) is 0 Å². The summed E-state index contributed by atoms with van der Waals surface area (Å²) in [6, 6.07) is 15.6. The Balaban J connectivity index is 2.11. The molecule has 0 fully saturated rings. The Kier molecular flexibility index (Phi) is 4.10. The summed E-state index contributed by atoms with van der Waals surface area (Å²) in [7, 11) is -3.18. The molecule has 0 aliphatic heterocycles. The maximum atomic E-state index is 11.6. The first-order valence-corrected chi connectivity index (χ1v) is 9.72. The monoisotopic (exact) mass is 339 g/mol. The molecule has 124 valence electrons. The predicted molar refractivity (Wildman–Crippen MR) is 98.5 cm³/mol. The van der Waals surface area contributed by atoms with Crippen molar-refractivity contribution in [1.29, 1.82) is 0 Å². The van der Waals surface area contributed by atoms with E-state index in [1.54, 1.807) is 12.1 Å². The summed E-state index contributed by atoms with van der Waals surface area (Å²) in [6.07, 6.45) is 3.33. The topological polar surface area (TPSA) is 39.1 Å². The van der Waals surface area contributed by atoms with Crippen molar-refractivity contribution in [3.8, 4) is 16.9 Å². The van der Waals surface area contributed by atoms with Crippen molar-refractivity contribution in [3.05, 3.63) is 71.4 Å². The third-order valence-electron chi connectivity index (χ3n) is 4.30. The molecule has 24 heavy (non-hydrogen) atoms. The van der Waals surface area contributed by atoms with Crippen molar-refractivity contribution in [1.82, 2.24) is 4.57 Å². The van der Waals surface area contributed by atoms with Gasteiger partial charge in [-0.1, -0.05) is 18.2 Å². The van der Waals surface area contributed by atoms with Gasteiger partial charge in [0.1, 0.15) is 0 Å². The number of benzene rings is 2. The summed E-state index contributed by atoms with van der Waals surface area (Å²) in [5.74, 6) is 0. The summed E-state index contributed by atoms with van der Waals surface area (Å²) in [5, 5.41) is 0. The molecular weight excluding hydrogens is 318 g/mol. The van der Waals surface area contributed by atoms with E-state index >= 15 is 0 Å². The SMILES string of the molecule is Cc1cc(-c2ccc(S(C)(=O)=O)cc2)n(-c2ccc(C)c(C)c2)c1. The molecule has 0 amide bonds. The molecule has 0 saturated carbocycles. The van der Waals surface area contributed by atoms with Gasteiger partial charge in [-0.15, -0.1) is 0 Å². The van der Waals surface area contributed by atoms with Crippen LogP contribution in [0.15, 0.2) is 59.6 Å². The third-order valence-corrected chi connectivity index (χ3v) is 5.43. The van der Waals surface area contributed by atoms with E-state index in [9.17, 15) is 8.42 Å². The number of sulfone groups is 1. The second-order valence-electron chi connectivity index (χ2n) is 6.34. The van der Waals surface area contributed by atoms with Crippen LogP contribution in [-0.4, -0.2) is 19.2 Å². The Bertz CT molecular complexity index is 997. The fourth-order valence-electron chi connectivity index (χ4n) is 2.78. The molecule has 0 bridgehead atoms. The lowest BCUT2D eigenvalue weighted by molar-refractivity contribution is 0.602. The zero-order valence-corrected chi connectivity index (χ0v) is 15.2. The first-order valence-electron chi connectivity index (χ1n) is 7.83. The van der Waals surface area contributed by atoms with Gasteiger partial charge in [0.25, 0.3) is 0 Å². The molecule has 1 aromatic heterocycles. The van der Waals surface area contributed by atoms with Crippen LogP contribution < -0.4 is 0 Å². The number of hydrogen-bond acceptors (Lipinski definition) is 2. The fourth-order valence-corrected chi connectivity index (χ4v) is 3.41. The number of rotatable bonds is 3. The van der Waals surface area contributed by atoms with E-state index in [1.165, 1.54) is 17.4 Å². The van der Waals surface area contributed by atoms with Gasteiger partial charge in [0, 0.05) is 18.1 Å². The van der Waals surface area contributed by atoms with E-state index in [-0.39, 0.29) is 0 Å². The molecule has 0 radical (unpaired) electrons. The molecule has 2 aromatic carbocycles. The van der Waals surface area contributed by atoms with Gasteiger partial charge in [-0.25, -0.2) is 8.42 Å². The van der Waals surface area contributed by atoms with E-state index in [0.717, 1.165) is 22.5 Å². The molecule has 0 unspecified atom stereocenters. The smallest absolute Gasteiger partial charge is 0.175 e. The molecule has 1 heterocycles. The van der Waals surface area contributed by atoms with Crippen molar-refractivity contribution >= 4 is 9.84 Å². The summed E-state index contributed by atoms with van der Waals surface area (Å²) in [4.78, 5) is 0.340. The molecule has 0 N–H and O–H groups in total. The molecule has 3 aromatic rings. The minimum atomic E-state index is -3.18. The molecule has 0 aliphatic rings. The van der Waals surface area contributed by atoms with Gasteiger partial charge < -0.3 is 4.57 Å². The second kappa shape index (κ2) is 5.95. The van der Waals surface area contributed by atoms with E-state index in [4.69, 9.17) is 0 Å². The molecule has 0 spiro atoms. The van der Waals surface area contributed by atoms with Crippen LogP contribution in [-0.2, 0) is 9.84 Å². The zero-order chi connectivity index (χ0) is 17.5. The van der Waals surface area contributed by atoms with Crippen molar-refractivity contribution < 1.29 is 8.42 Å². The summed E-state index contributed by atoms with van der Waals surface area (Å²) >= 11 is 0. The predicted octanol–water partition coefficient (Wildman–Crippen LogP) is 4.47. The number of nitrogens with zero attached hydrogens (tertiary/aromatic N) is 1. The lowest BCUT2D eigenvalue weighted by atomic mass is 10.1. The highest BCUT2D eigenvalue weighted by atomic mass is 32.2. The van der Waals surface area contributed by atoms with Crippen LogP contribution in [0.3, 0.4) is 0 Å². The highest BCUT2D eigenvalue weighted by molar-refractivity contribution is 7.90.